The maximum Gasteiger partial charge on any atom is 0.161 e. The Morgan fingerprint density at radius 1 is 0.913 bits per heavy atom. The van der Waals surface area contributed by atoms with Crippen molar-refractivity contribution in [2.24, 2.45) is 0 Å². The van der Waals surface area contributed by atoms with Crippen LogP contribution in [0, 0.1) is 0 Å². The molecule has 23 heavy (non-hydrogen) atoms. The smallest absolute Gasteiger partial charge is 0.161 e. The van der Waals surface area contributed by atoms with E-state index in [4.69, 9.17) is 4.74 Å². The predicted molar refractivity (Wildman–Crippen MR) is 88.6 cm³/mol. The number of aromatic nitrogens is 4. The molecule has 0 saturated heterocycles. The molecule has 0 atom stereocenters. The zero-order valence-electron chi connectivity index (χ0n) is 12.5. The summed E-state index contributed by atoms with van der Waals surface area (Å²) in [7, 11) is 1.65. The lowest BCUT2D eigenvalue weighted by atomic mass is 10.1. The molecule has 0 saturated carbocycles. The SMILES string of the molecule is COc1cnc(-n2cc(-c3cccnc3)cn2)c2ccccc12. The molecular weight excluding hydrogens is 288 g/mol. The molecule has 0 N–H and O–H groups in total. The largest absolute Gasteiger partial charge is 0.494 e. The van der Waals surface area contributed by atoms with Crippen LogP contribution >= 0.6 is 0 Å². The van der Waals surface area contributed by atoms with Crippen LogP contribution in [0.3, 0.4) is 0 Å². The molecule has 0 fully saturated rings. The van der Waals surface area contributed by atoms with Crippen molar-refractivity contribution in [2.45, 2.75) is 0 Å². The summed E-state index contributed by atoms with van der Waals surface area (Å²) >= 11 is 0. The first kappa shape index (κ1) is 13.5. The fraction of sp³-hybridized carbons (Fsp3) is 0.0556. The highest BCUT2D eigenvalue weighted by molar-refractivity contribution is 5.93. The summed E-state index contributed by atoms with van der Waals surface area (Å²) in [6, 6.07) is 11.9. The number of ether oxygens (including phenoxy) is 1. The monoisotopic (exact) mass is 302 g/mol. The molecule has 3 aromatic heterocycles. The number of benzene rings is 1. The second-order valence-electron chi connectivity index (χ2n) is 5.11. The second kappa shape index (κ2) is 5.53. The zero-order valence-corrected chi connectivity index (χ0v) is 12.5. The summed E-state index contributed by atoms with van der Waals surface area (Å²) in [5.41, 5.74) is 2.02. The van der Waals surface area contributed by atoms with E-state index in [0.29, 0.717) is 0 Å². The third-order valence-electron chi connectivity index (χ3n) is 3.75. The van der Waals surface area contributed by atoms with Gasteiger partial charge in [-0.15, -0.1) is 0 Å². The Morgan fingerprint density at radius 2 is 1.78 bits per heavy atom. The van der Waals surface area contributed by atoms with Gasteiger partial charge >= 0.3 is 0 Å². The molecule has 0 aliphatic rings. The molecule has 4 rings (SSSR count). The highest BCUT2D eigenvalue weighted by atomic mass is 16.5. The van der Waals surface area contributed by atoms with Gasteiger partial charge in [-0.25, -0.2) is 9.67 Å². The summed E-state index contributed by atoms with van der Waals surface area (Å²) in [5, 5.41) is 6.46. The van der Waals surface area contributed by atoms with Crippen LogP contribution in [0.2, 0.25) is 0 Å². The molecule has 4 aromatic rings. The Hall–Kier alpha value is -3.21. The third kappa shape index (κ3) is 2.32. The molecular formula is C18H14N4O. The van der Waals surface area contributed by atoms with Gasteiger partial charge in [0.1, 0.15) is 5.75 Å². The van der Waals surface area contributed by atoms with E-state index >= 15 is 0 Å². The van der Waals surface area contributed by atoms with E-state index in [2.05, 4.69) is 15.1 Å². The van der Waals surface area contributed by atoms with Gasteiger partial charge in [0.2, 0.25) is 0 Å². The summed E-state index contributed by atoms with van der Waals surface area (Å²) in [4.78, 5) is 8.66. The molecule has 1 aromatic carbocycles. The highest BCUT2D eigenvalue weighted by Crippen LogP contribution is 2.29. The average Bonchev–Trinajstić information content (AvgIpc) is 3.11. The lowest BCUT2D eigenvalue weighted by Crippen LogP contribution is -2.00. The van der Waals surface area contributed by atoms with Crippen LogP contribution in [0.1, 0.15) is 0 Å². The van der Waals surface area contributed by atoms with E-state index in [0.717, 1.165) is 33.5 Å². The fourth-order valence-corrected chi connectivity index (χ4v) is 2.62. The molecule has 0 bridgehead atoms. The standard InChI is InChI=1S/C18H14N4O/c1-23-17-11-20-18(16-7-3-2-6-15(16)17)22-12-14(10-21-22)13-5-4-8-19-9-13/h2-12H,1H3. The molecule has 0 spiro atoms. The first-order valence-electron chi connectivity index (χ1n) is 7.24. The van der Waals surface area contributed by atoms with Crippen molar-refractivity contribution in [1.82, 2.24) is 19.7 Å². The van der Waals surface area contributed by atoms with Gasteiger partial charge < -0.3 is 4.74 Å². The molecule has 0 unspecified atom stereocenters. The van der Waals surface area contributed by atoms with Crippen molar-refractivity contribution in [2.75, 3.05) is 7.11 Å². The van der Waals surface area contributed by atoms with Crippen molar-refractivity contribution in [3.05, 3.63) is 67.4 Å². The van der Waals surface area contributed by atoms with Crippen molar-refractivity contribution in [3.63, 3.8) is 0 Å². The van der Waals surface area contributed by atoms with E-state index < -0.39 is 0 Å². The molecule has 0 aliphatic carbocycles. The van der Waals surface area contributed by atoms with E-state index in [1.807, 2.05) is 55.0 Å². The minimum absolute atomic E-state index is 0.754. The van der Waals surface area contributed by atoms with Gasteiger partial charge in [-0.05, 0) is 6.07 Å². The minimum Gasteiger partial charge on any atom is -0.494 e. The Bertz CT molecular complexity index is 963. The molecule has 112 valence electrons. The van der Waals surface area contributed by atoms with Gasteiger partial charge in [-0.1, -0.05) is 30.3 Å². The van der Waals surface area contributed by atoms with E-state index in [9.17, 15) is 0 Å². The lowest BCUT2D eigenvalue weighted by molar-refractivity contribution is 0.418. The van der Waals surface area contributed by atoms with Gasteiger partial charge in [-0.2, -0.15) is 5.10 Å². The van der Waals surface area contributed by atoms with Crippen LogP contribution in [0.5, 0.6) is 5.75 Å². The van der Waals surface area contributed by atoms with Crippen molar-refractivity contribution in [1.29, 1.82) is 0 Å². The molecule has 5 nitrogen and oxygen atoms in total. The van der Waals surface area contributed by atoms with Crippen LogP contribution in [-0.2, 0) is 0 Å². The topological polar surface area (TPSA) is 52.8 Å². The second-order valence-corrected chi connectivity index (χ2v) is 5.11. The van der Waals surface area contributed by atoms with Gasteiger partial charge in [0.25, 0.3) is 0 Å². The first-order chi connectivity index (χ1) is 11.4. The Labute approximate surface area is 133 Å². The maximum atomic E-state index is 5.39. The van der Waals surface area contributed by atoms with Crippen molar-refractivity contribution < 1.29 is 4.74 Å². The van der Waals surface area contributed by atoms with Gasteiger partial charge in [0.15, 0.2) is 5.82 Å². The quantitative estimate of drug-likeness (QED) is 0.581. The third-order valence-corrected chi connectivity index (χ3v) is 3.75. The number of fused-ring (bicyclic) bond motifs is 1. The van der Waals surface area contributed by atoms with Crippen molar-refractivity contribution in [3.8, 4) is 22.7 Å². The lowest BCUT2D eigenvalue weighted by Gasteiger charge is -2.09. The summed E-state index contributed by atoms with van der Waals surface area (Å²) in [6.07, 6.45) is 9.08. The molecule has 3 heterocycles. The summed E-state index contributed by atoms with van der Waals surface area (Å²) in [6.45, 7) is 0. The van der Waals surface area contributed by atoms with E-state index in [1.54, 1.807) is 24.2 Å². The Morgan fingerprint density at radius 3 is 2.57 bits per heavy atom. The first-order valence-corrected chi connectivity index (χ1v) is 7.24. The average molecular weight is 302 g/mol. The number of hydrogen-bond donors (Lipinski definition) is 0. The van der Waals surface area contributed by atoms with Crippen LogP contribution in [-0.4, -0.2) is 26.9 Å². The zero-order chi connectivity index (χ0) is 15.6. The minimum atomic E-state index is 0.754. The van der Waals surface area contributed by atoms with Crippen molar-refractivity contribution >= 4 is 10.8 Å². The van der Waals surface area contributed by atoms with Gasteiger partial charge in [0, 0.05) is 40.5 Å². The predicted octanol–water partition coefficient (Wildman–Crippen LogP) is 3.49. The summed E-state index contributed by atoms with van der Waals surface area (Å²) in [5.74, 6) is 1.53. The van der Waals surface area contributed by atoms with Crippen LogP contribution < -0.4 is 4.74 Å². The Balaban J connectivity index is 1.86. The van der Waals surface area contributed by atoms with Gasteiger partial charge in [0.05, 0.1) is 19.5 Å². The van der Waals surface area contributed by atoms with Crippen LogP contribution in [0.25, 0.3) is 27.7 Å². The Kier molecular flexibility index (Phi) is 3.24. The van der Waals surface area contributed by atoms with Crippen LogP contribution in [0.4, 0.5) is 0 Å². The molecule has 0 radical (unpaired) electrons. The maximum absolute atomic E-state index is 5.39. The van der Waals surface area contributed by atoms with Gasteiger partial charge in [-0.3, -0.25) is 4.98 Å². The molecule has 5 heteroatoms. The number of hydrogen-bond acceptors (Lipinski definition) is 4. The number of nitrogens with zero attached hydrogens (tertiary/aromatic N) is 4. The van der Waals surface area contributed by atoms with E-state index in [-0.39, 0.29) is 0 Å². The van der Waals surface area contributed by atoms with Crippen LogP contribution in [0.15, 0.2) is 67.4 Å². The summed E-state index contributed by atoms with van der Waals surface area (Å²) < 4.78 is 7.17. The highest BCUT2D eigenvalue weighted by Gasteiger charge is 2.11. The number of rotatable bonds is 3. The van der Waals surface area contributed by atoms with E-state index in [1.165, 1.54) is 0 Å². The number of methoxy groups -OCH3 is 1. The number of pyridine rings is 2. The fourth-order valence-electron chi connectivity index (χ4n) is 2.62. The molecule has 0 aliphatic heterocycles. The molecule has 0 amide bonds. The normalized spacial score (nSPS) is 10.8.